The van der Waals surface area contributed by atoms with Crippen molar-refractivity contribution in [3.05, 3.63) is 23.8 Å². The molecule has 0 saturated heterocycles. The largest absolute Gasteiger partial charge is 0.493 e. The fraction of sp³-hybridized carbons (Fsp3) is 0.467. The summed E-state index contributed by atoms with van der Waals surface area (Å²) in [5.74, 6) is 1.91. The third-order valence-corrected chi connectivity index (χ3v) is 2.70. The number of ether oxygens (including phenoxy) is 3. The van der Waals surface area contributed by atoms with Crippen molar-refractivity contribution in [2.24, 2.45) is 11.0 Å². The van der Waals surface area contributed by atoms with Gasteiger partial charge < -0.3 is 14.2 Å². The maximum atomic E-state index is 10.9. The molecule has 0 aliphatic carbocycles. The van der Waals surface area contributed by atoms with Gasteiger partial charge in [-0.15, -0.1) is 0 Å². The first-order valence-electron chi connectivity index (χ1n) is 6.74. The summed E-state index contributed by atoms with van der Waals surface area (Å²) < 4.78 is 15.4. The van der Waals surface area contributed by atoms with Crippen LogP contribution in [0.1, 0.15) is 25.8 Å². The van der Waals surface area contributed by atoms with E-state index in [-0.39, 0.29) is 0 Å². The van der Waals surface area contributed by atoms with Crippen LogP contribution in [0.4, 0.5) is 4.79 Å². The molecule has 6 heteroatoms. The Morgan fingerprint density at radius 3 is 2.71 bits per heavy atom. The molecule has 0 saturated carbocycles. The number of hydrogen-bond donors (Lipinski definition) is 1. The second kappa shape index (κ2) is 8.84. The van der Waals surface area contributed by atoms with Gasteiger partial charge in [-0.1, -0.05) is 13.8 Å². The summed E-state index contributed by atoms with van der Waals surface area (Å²) in [5, 5.41) is 3.76. The molecule has 6 nitrogen and oxygen atoms in total. The molecule has 0 bridgehead atoms. The lowest BCUT2D eigenvalue weighted by Gasteiger charge is -2.12. The first-order chi connectivity index (χ1) is 10.1. The highest BCUT2D eigenvalue weighted by atomic mass is 16.5. The molecule has 1 aromatic rings. The second-order valence-corrected chi connectivity index (χ2v) is 4.80. The summed E-state index contributed by atoms with van der Waals surface area (Å²) in [5.41, 5.74) is 2.99. The van der Waals surface area contributed by atoms with Gasteiger partial charge in [0.2, 0.25) is 0 Å². The van der Waals surface area contributed by atoms with Crippen LogP contribution in [0.5, 0.6) is 11.5 Å². The predicted octanol–water partition coefficient (Wildman–Crippen LogP) is 2.81. The van der Waals surface area contributed by atoms with Crippen molar-refractivity contribution >= 4 is 12.3 Å². The molecule has 0 heterocycles. The van der Waals surface area contributed by atoms with Crippen molar-refractivity contribution in [2.75, 3.05) is 20.8 Å². The molecule has 0 spiro atoms. The number of rotatable bonds is 7. The number of nitrogens with one attached hydrogen (secondary N) is 1. The summed E-state index contributed by atoms with van der Waals surface area (Å²) in [6.45, 7) is 4.94. The zero-order chi connectivity index (χ0) is 15.7. The molecule has 0 unspecified atom stereocenters. The van der Waals surface area contributed by atoms with E-state index in [0.717, 1.165) is 12.0 Å². The molecular formula is C15H22N2O4. The Kier molecular flexibility index (Phi) is 7.08. The van der Waals surface area contributed by atoms with Crippen LogP contribution in [0.15, 0.2) is 23.3 Å². The van der Waals surface area contributed by atoms with Crippen LogP contribution in [0.3, 0.4) is 0 Å². The average molecular weight is 294 g/mol. The number of hydrogen-bond acceptors (Lipinski definition) is 5. The topological polar surface area (TPSA) is 69.2 Å². The number of carbonyl (C=O) groups is 1. The minimum atomic E-state index is -0.619. The van der Waals surface area contributed by atoms with Crippen molar-refractivity contribution in [1.29, 1.82) is 0 Å². The lowest BCUT2D eigenvalue weighted by molar-refractivity contribution is 0.171. The van der Waals surface area contributed by atoms with Crippen LogP contribution in [-0.2, 0) is 4.74 Å². The van der Waals surface area contributed by atoms with Crippen molar-refractivity contribution in [1.82, 2.24) is 5.43 Å². The molecule has 116 valence electrons. The maximum Gasteiger partial charge on any atom is 0.427 e. The van der Waals surface area contributed by atoms with Crippen LogP contribution in [0, 0.1) is 5.92 Å². The first kappa shape index (κ1) is 16.8. The van der Waals surface area contributed by atoms with Gasteiger partial charge in [0.1, 0.15) is 0 Å². The van der Waals surface area contributed by atoms with E-state index in [2.05, 4.69) is 29.1 Å². The third kappa shape index (κ3) is 6.16. The number of amides is 1. The summed E-state index contributed by atoms with van der Waals surface area (Å²) in [4.78, 5) is 10.9. The van der Waals surface area contributed by atoms with Crippen molar-refractivity contribution in [2.45, 2.75) is 20.3 Å². The monoisotopic (exact) mass is 294 g/mol. The van der Waals surface area contributed by atoms with Gasteiger partial charge in [0.25, 0.3) is 0 Å². The van der Waals surface area contributed by atoms with Crippen LogP contribution >= 0.6 is 0 Å². The highest BCUT2D eigenvalue weighted by molar-refractivity contribution is 5.82. The van der Waals surface area contributed by atoms with E-state index >= 15 is 0 Å². The standard InChI is InChI=1S/C15H22N2O4/c1-11(2)7-8-21-13-6-5-12(9-14(13)19-3)10-16-17-15(18)20-4/h5-6,9-11H,7-8H2,1-4H3,(H,17,18)/b16-10-. The normalized spacial score (nSPS) is 10.7. The van der Waals surface area contributed by atoms with E-state index in [1.807, 2.05) is 12.1 Å². The highest BCUT2D eigenvalue weighted by Crippen LogP contribution is 2.27. The van der Waals surface area contributed by atoms with Crippen LogP contribution < -0.4 is 14.9 Å². The zero-order valence-electron chi connectivity index (χ0n) is 12.9. The molecule has 0 atom stereocenters. The van der Waals surface area contributed by atoms with E-state index in [1.54, 1.807) is 13.2 Å². The fourth-order valence-electron chi connectivity index (χ4n) is 1.49. The number of carbonyl (C=O) groups excluding carboxylic acids is 1. The number of methoxy groups -OCH3 is 2. The summed E-state index contributed by atoms with van der Waals surface area (Å²) in [6, 6.07) is 5.43. The fourth-order valence-corrected chi connectivity index (χ4v) is 1.49. The molecule has 1 aromatic carbocycles. The van der Waals surface area contributed by atoms with Crippen LogP contribution in [-0.4, -0.2) is 33.1 Å². The quantitative estimate of drug-likeness (QED) is 0.620. The van der Waals surface area contributed by atoms with Gasteiger partial charge in [0, 0.05) is 0 Å². The van der Waals surface area contributed by atoms with E-state index in [1.165, 1.54) is 13.3 Å². The molecule has 21 heavy (non-hydrogen) atoms. The Labute approximate surface area is 125 Å². The minimum Gasteiger partial charge on any atom is -0.493 e. The van der Waals surface area contributed by atoms with Gasteiger partial charge in [-0.25, -0.2) is 10.2 Å². The number of benzene rings is 1. The minimum absolute atomic E-state index is 0.590. The van der Waals surface area contributed by atoms with Crippen molar-refractivity contribution < 1.29 is 19.0 Å². The Balaban J connectivity index is 2.67. The van der Waals surface area contributed by atoms with Crippen LogP contribution in [0.2, 0.25) is 0 Å². The molecule has 0 fully saturated rings. The maximum absolute atomic E-state index is 10.9. The third-order valence-electron chi connectivity index (χ3n) is 2.70. The SMILES string of the molecule is COC(=O)N/N=C\c1ccc(OCCC(C)C)c(OC)c1. The predicted molar refractivity (Wildman–Crippen MR) is 81.1 cm³/mol. The van der Waals surface area contributed by atoms with Gasteiger partial charge in [-0.2, -0.15) is 5.10 Å². The molecule has 1 N–H and O–H groups in total. The van der Waals surface area contributed by atoms with Gasteiger partial charge in [-0.05, 0) is 36.1 Å². The average Bonchev–Trinajstić information content (AvgIpc) is 2.47. The van der Waals surface area contributed by atoms with Gasteiger partial charge >= 0.3 is 6.09 Å². The summed E-state index contributed by atoms with van der Waals surface area (Å²) >= 11 is 0. The molecule has 1 amide bonds. The zero-order valence-corrected chi connectivity index (χ0v) is 12.9. The summed E-state index contributed by atoms with van der Waals surface area (Å²) in [7, 11) is 2.86. The van der Waals surface area contributed by atoms with Gasteiger partial charge in [-0.3, -0.25) is 0 Å². The highest BCUT2D eigenvalue weighted by Gasteiger charge is 2.05. The molecule has 0 radical (unpaired) electrons. The molecule has 0 aliphatic rings. The van der Waals surface area contributed by atoms with E-state index in [0.29, 0.717) is 24.0 Å². The molecule has 0 aliphatic heterocycles. The molecule has 1 rings (SSSR count). The van der Waals surface area contributed by atoms with E-state index in [9.17, 15) is 4.79 Å². The van der Waals surface area contributed by atoms with Crippen molar-refractivity contribution in [3.8, 4) is 11.5 Å². The summed E-state index contributed by atoms with van der Waals surface area (Å²) in [6.07, 6.45) is 1.86. The molecule has 0 aromatic heterocycles. The number of nitrogens with zero attached hydrogens (tertiary/aromatic N) is 1. The van der Waals surface area contributed by atoms with E-state index < -0.39 is 6.09 Å². The Morgan fingerprint density at radius 2 is 2.10 bits per heavy atom. The van der Waals surface area contributed by atoms with Gasteiger partial charge in [0.05, 0.1) is 27.0 Å². The Hall–Kier alpha value is -2.24. The second-order valence-electron chi connectivity index (χ2n) is 4.80. The van der Waals surface area contributed by atoms with Crippen molar-refractivity contribution in [3.63, 3.8) is 0 Å². The molecular weight excluding hydrogens is 272 g/mol. The smallest absolute Gasteiger partial charge is 0.427 e. The Bertz CT molecular complexity index is 487. The van der Waals surface area contributed by atoms with Crippen LogP contribution in [0.25, 0.3) is 0 Å². The lowest BCUT2D eigenvalue weighted by atomic mass is 10.1. The number of hydrazone groups is 1. The van der Waals surface area contributed by atoms with Gasteiger partial charge in [0.15, 0.2) is 11.5 Å². The lowest BCUT2D eigenvalue weighted by Crippen LogP contribution is -2.16. The first-order valence-corrected chi connectivity index (χ1v) is 6.74. The Morgan fingerprint density at radius 1 is 1.33 bits per heavy atom. The van der Waals surface area contributed by atoms with E-state index in [4.69, 9.17) is 9.47 Å².